The lowest BCUT2D eigenvalue weighted by Gasteiger charge is -2.13. The molecule has 0 heterocycles. The zero-order chi connectivity index (χ0) is 37.9. The van der Waals surface area contributed by atoms with E-state index in [1.807, 2.05) is 0 Å². The van der Waals surface area contributed by atoms with Gasteiger partial charge in [-0.2, -0.15) is 0 Å². The lowest BCUT2D eigenvalue weighted by Crippen LogP contribution is -1.98. The molecule has 0 bridgehead atoms. The summed E-state index contributed by atoms with van der Waals surface area (Å²) in [6, 6.07) is 9.04. The highest BCUT2D eigenvalue weighted by Gasteiger charge is 2.09. The summed E-state index contributed by atoms with van der Waals surface area (Å²) in [5.41, 5.74) is 12.6. The SMILES string of the molecule is CC/C=C(\C)CCC=C(C)C.CCCCCc1cc(C)c(C/C=C(\C)CCC=C(C)C)c(OC)c1.CCCCCc1cc(C)c(I)c(OC)c1. The van der Waals surface area contributed by atoms with Gasteiger partial charge in [0, 0.05) is 5.56 Å². The van der Waals surface area contributed by atoms with E-state index in [9.17, 15) is 0 Å². The molecule has 0 saturated carbocycles. The van der Waals surface area contributed by atoms with Crippen LogP contribution in [0.3, 0.4) is 0 Å². The van der Waals surface area contributed by atoms with E-state index >= 15 is 0 Å². The summed E-state index contributed by atoms with van der Waals surface area (Å²) >= 11 is 2.34. The first kappa shape index (κ1) is 47.7. The molecule has 0 aromatic heterocycles. The Hall–Kier alpha value is -2.27. The Kier molecular flexibility index (Phi) is 28.0. The zero-order valence-electron chi connectivity index (χ0n) is 34.7. The number of rotatable bonds is 19. The zero-order valence-corrected chi connectivity index (χ0v) is 36.9. The molecular formula is C47H75IO2. The van der Waals surface area contributed by atoms with E-state index in [-0.39, 0.29) is 0 Å². The smallest absolute Gasteiger partial charge is 0.132 e. The Balaban J connectivity index is 0.000000788. The maximum Gasteiger partial charge on any atom is 0.132 e. The number of methoxy groups -OCH3 is 2. The van der Waals surface area contributed by atoms with Crippen LogP contribution in [0.4, 0.5) is 0 Å². The number of hydrogen-bond acceptors (Lipinski definition) is 2. The minimum Gasteiger partial charge on any atom is -0.496 e. The second-order valence-electron chi connectivity index (χ2n) is 14.3. The molecule has 0 aliphatic rings. The standard InChI is InChI=1S/C23H36O.C13H19IO.C11H20/c1-7-8-9-13-21-16-20(5)22(23(17-21)24-6)15-14-19(4)12-10-11-18(2)3;1-4-5-6-7-11-8-10(2)13(14)12(9-11)15-3;1-5-7-11(4)9-6-8-10(2)3/h11,14,16-17H,7-10,12-13,15H2,1-6H3;8-9H,4-7H2,1-3H3;7-8H,5-6,9H2,1-4H3/b19-14+;;11-7+. The summed E-state index contributed by atoms with van der Waals surface area (Å²) in [7, 11) is 3.53. The highest BCUT2D eigenvalue weighted by molar-refractivity contribution is 14.1. The third kappa shape index (κ3) is 22.5. The van der Waals surface area contributed by atoms with Gasteiger partial charge in [0.25, 0.3) is 0 Å². The van der Waals surface area contributed by atoms with Crippen molar-refractivity contribution in [1.29, 1.82) is 0 Å². The molecule has 2 aromatic carbocycles. The second-order valence-corrected chi connectivity index (χ2v) is 15.4. The summed E-state index contributed by atoms with van der Waals surface area (Å²) in [6.07, 6.45) is 26.1. The molecule has 0 aliphatic carbocycles. The Morgan fingerprint density at radius 1 is 0.600 bits per heavy atom. The molecule has 0 aliphatic heterocycles. The van der Waals surface area contributed by atoms with Crippen LogP contribution in [0.1, 0.15) is 161 Å². The van der Waals surface area contributed by atoms with Gasteiger partial charge in [0.05, 0.1) is 17.8 Å². The monoisotopic (exact) mass is 798 g/mol. The lowest BCUT2D eigenvalue weighted by atomic mass is 9.97. The van der Waals surface area contributed by atoms with Gasteiger partial charge in [0.15, 0.2) is 0 Å². The van der Waals surface area contributed by atoms with Gasteiger partial charge in [-0.1, -0.05) is 105 Å². The van der Waals surface area contributed by atoms with Crippen LogP contribution in [0.15, 0.2) is 70.9 Å². The third-order valence-corrected chi connectivity index (χ3v) is 10.1. The maximum absolute atomic E-state index is 5.68. The summed E-state index contributed by atoms with van der Waals surface area (Å²) < 4.78 is 12.3. The van der Waals surface area contributed by atoms with Crippen molar-refractivity contribution >= 4 is 22.6 Å². The molecule has 2 nitrogen and oxygen atoms in total. The van der Waals surface area contributed by atoms with Crippen LogP contribution >= 0.6 is 22.6 Å². The van der Waals surface area contributed by atoms with Gasteiger partial charge in [-0.25, -0.2) is 0 Å². The number of halogens is 1. The Labute approximate surface area is 324 Å². The quantitative estimate of drug-likeness (QED) is 0.0801. The molecule has 2 rings (SSSR count). The van der Waals surface area contributed by atoms with E-state index < -0.39 is 0 Å². The van der Waals surface area contributed by atoms with Crippen molar-refractivity contribution in [2.45, 2.75) is 166 Å². The van der Waals surface area contributed by atoms with E-state index in [0.717, 1.165) is 37.2 Å². The molecule has 0 fully saturated rings. The largest absolute Gasteiger partial charge is 0.496 e. The molecule has 0 unspecified atom stereocenters. The molecule has 282 valence electrons. The van der Waals surface area contributed by atoms with E-state index in [2.05, 4.69) is 147 Å². The average molecular weight is 799 g/mol. The number of allylic oxidation sites excluding steroid dienone is 8. The molecule has 50 heavy (non-hydrogen) atoms. The molecule has 0 spiro atoms. The van der Waals surface area contributed by atoms with E-state index in [0.29, 0.717) is 0 Å². The Bertz CT molecular complexity index is 1330. The van der Waals surface area contributed by atoms with Gasteiger partial charge >= 0.3 is 0 Å². The third-order valence-electron chi connectivity index (χ3n) is 8.74. The lowest BCUT2D eigenvalue weighted by molar-refractivity contribution is 0.409. The van der Waals surface area contributed by atoms with Gasteiger partial charge in [0.1, 0.15) is 11.5 Å². The Morgan fingerprint density at radius 2 is 1.06 bits per heavy atom. The fourth-order valence-corrected chi connectivity index (χ4v) is 6.24. The summed E-state index contributed by atoms with van der Waals surface area (Å²) in [5.74, 6) is 2.07. The van der Waals surface area contributed by atoms with Crippen LogP contribution in [0, 0.1) is 17.4 Å². The van der Waals surface area contributed by atoms with Gasteiger partial charge in [-0.15, -0.1) is 0 Å². The summed E-state index contributed by atoms with van der Waals surface area (Å²) in [6.45, 7) is 24.1. The van der Waals surface area contributed by atoms with Crippen LogP contribution in [0.2, 0.25) is 0 Å². The van der Waals surface area contributed by atoms with E-state index in [1.54, 1.807) is 14.2 Å². The minimum atomic E-state index is 0.963. The van der Waals surface area contributed by atoms with Crippen LogP contribution in [0.5, 0.6) is 11.5 Å². The molecule has 0 atom stereocenters. The van der Waals surface area contributed by atoms with Crippen molar-refractivity contribution in [3.05, 3.63) is 102 Å². The predicted octanol–water partition coefficient (Wildman–Crippen LogP) is 15.4. The highest BCUT2D eigenvalue weighted by Crippen LogP contribution is 2.28. The molecule has 3 heteroatoms. The van der Waals surface area contributed by atoms with E-state index in [1.165, 1.54) is 118 Å². The van der Waals surface area contributed by atoms with Crippen LogP contribution in [0.25, 0.3) is 0 Å². The average Bonchev–Trinajstić information content (AvgIpc) is 3.06. The number of hydrogen-bond donors (Lipinski definition) is 0. The molecule has 2 aromatic rings. The number of benzene rings is 2. The number of aryl methyl sites for hydroxylation is 4. The fourth-order valence-electron chi connectivity index (χ4n) is 5.71. The maximum atomic E-state index is 5.68. The topological polar surface area (TPSA) is 18.5 Å². The molecule has 0 amide bonds. The van der Waals surface area contributed by atoms with Crippen LogP contribution in [-0.4, -0.2) is 14.2 Å². The van der Waals surface area contributed by atoms with Crippen molar-refractivity contribution in [3.8, 4) is 11.5 Å². The Morgan fingerprint density at radius 3 is 1.50 bits per heavy atom. The first-order valence-corrected chi connectivity index (χ1v) is 20.5. The summed E-state index contributed by atoms with van der Waals surface area (Å²) in [4.78, 5) is 0. The van der Waals surface area contributed by atoms with Crippen molar-refractivity contribution < 1.29 is 9.47 Å². The highest BCUT2D eigenvalue weighted by atomic mass is 127. The van der Waals surface area contributed by atoms with Crippen LogP contribution < -0.4 is 9.47 Å². The van der Waals surface area contributed by atoms with Crippen LogP contribution in [-0.2, 0) is 19.3 Å². The molecular weight excluding hydrogens is 723 g/mol. The first-order chi connectivity index (χ1) is 23.8. The van der Waals surface area contributed by atoms with Crippen molar-refractivity contribution in [2.75, 3.05) is 14.2 Å². The molecule has 0 saturated heterocycles. The van der Waals surface area contributed by atoms with Gasteiger partial charge in [0.2, 0.25) is 0 Å². The van der Waals surface area contributed by atoms with Gasteiger partial charge in [-0.3, -0.25) is 0 Å². The van der Waals surface area contributed by atoms with Crippen molar-refractivity contribution in [1.82, 2.24) is 0 Å². The molecule has 0 radical (unpaired) electrons. The minimum absolute atomic E-state index is 0.963. The summed E-state index contributed by atoms with van der Waals surface area (Å²) in [5, 5.41) is 0. The van der Waals surface area contributed by atoms with Crippen molar-refractivity contribution in [2.24, 2.45) is 0 Å². The number of unbranched alkanes of at least 4 members (excludes halogenated alkanes) is 4. The molecule has 0 N–H and O–H groups in total. The second kappa shape index (κ2) is 29.3. The van der Waals surface area contributed by atoms with Gasteiger partial charge in [-0.05, 0) is 177 Å². The first-order valence-electron chi connectivity index (χ1n) is 19.4. The predicted molar refractivity (Wildman–Crippen MR) is 233 cm³/mol. The van der Waals surface area contributed by atoms with Gasteiger partial charge < -0.3 is 9.47 Å². The fraction of sp³-hybridized carbons (Fsp3) is 0.574. The number of ether oxygens (including phenoxy) is 2. The van der Waals surface area contributed by atoms with Crippen molar-refractivity contribution in [3.63, 3.8) is 0 Å². The normalized spacial score (nSPS) is 11.2. The van der Waals surface area contributed by atoms with E-state index in [4.69, 9.17) is 9.47 Å².